The number of aromatic nitrogens is 3. The molecule has 1 aliphatic rings. The van der Waals surface area contributed by atoms with E-state index in [4.69, 9.17) is 9.26 Å². The van der Waals surface area contributed by atoms with Crippen molar-refractivity contribution in [3.63, 3.8) is 0 Å². The summed E-state index contributed by atoms with van der Waals surface area (Å²) in [5.74, 6) is 1.04. The summed E-state index contributed by atoms with van der Waals surface area (Å²) in [7, 11) is 1.38. The standard InChI is InChI=1S/C20H20FN5O3/c1-12-23-20(29-25-12)14-4-6-18(22-10-14)26-8-7-15(11-26)24-19(27)13-3-5-17(28-2)16(21)9-13/h3-6,9-10,15H,7-8,11H2,1-2H3,(H,24,27). The highest BCUT2D eigenvalue weighted by Gasteiger charge is 2.25. The van der Waals surface area contributed by atoms with Crippen LogP contribution in [0.25, 0.3) is 11.5 Å². The van der Waals surface area contributed by atoms with Crippen LogP contribution in [-0.4, -0.2) is 47.3 Å². The molecule has 1 unspecified atom stereocenters. The third-order valence-corrected chi connectivity index (χ3v) is 4.78. The van der Waals surface area contributed by atoms with E-state index in [1.54, 1.807) is 19.2 Å². The van der Waals surface area contributed by atoms with Crippen molar-refractivity contribution in [3.05, 3.63) is 53.7 Å². The lowest BCUT2D eigenvalue weighted by Gasteiger charge is -2.18. The second-order valence-corrected chi connectivity index (χ2v) is 6.81. The Morgan fingerprint density at radius 1 is 1.34 bits per heavy atom. The Morgan fingerprint density at radius 2 is 2.21 bits per heavy atom. The molecular formula is C20H20FN5O3. The van der Waals surface area contributed by atoms with Gasteiger partial charge in [-0.3, -0.25) is 4.79 Å². The lowest BCUT2D eigenvalue weighted by Crippen LogP contribution is -2.37. The maximum atomic E-state index is 13.8. The number of aryl methyl sites for hydroxylation is 1. The molecule has 3 aromatic rings. The van der Waals surface area contributed by atoms with Crippen LogP contribution in [0.3, 0.4) is 0 Å². The zero-order chi connectivity index (χ0) is 20.4. The molecule has 9 heteroatoms. The normalized spacial score (nSPS) is 16.1. The molecule has 3 heterocycles. The van der Waals surface area contributed by atoms with Gasteiger partial charge in [0, 0.05) is 30.9 Å². The minimum Gasteiger partial charge on any atom is -0.494 e. The first-order valence-corrected chi connectivity index (χ1v) is 9.19. The Morgan fingerprint density at radius 3 is 2.86 bits per heavy atom. The van der Waals surface area contributed by atoms with Gasteiger partial charge in [0.25, 0.3) is 11.8 Å². The lowest BCUT2D eigenvalue weighted by molar-refractivity contribution is 0.0940. The van der Waals surface area contributed by atoms with Crippen LogP contribution in [0.5, 0.6) is 5.75 Å². The molecule has 1 N–H and O–H groups in total. The van der Waals surface area contributed by atoms with Gasteiger partial charge in [0.15, 0.2) is 17.4 Å². The fourth-order valence-corrected chi connectivity index (χ4v) is 3.28. The van der Waals surface area contributed by atoms with Crippen LogP contribution in [0, 0.1) is 12.7 Å². The number of anilines is 1. The van der Waals surface area contributed by atoms with E-state index in [9.17, 15) is 9.18 Å². The molecule has 1 atom stereocenters. The van der Waals surface area contributed by atoms with Crippen molar-refractivity contribution in [2.45, 2.75) is 19.4 Å². The van der Waals surface area contributed by atoms with Crippen LogP contribution in [0.15, 0.2) is 41.1 Å². The Labute approximate surface area is 166 Å². The monoisotopic (exact) mass is 397 g/mol. The van der Waals surface area contributed by atoms with Crippen LogP contribution in [0.4, 0.5) is 10.2 Å². The molecule has 29 heavy (non-hydrogen) atoms. The Bertz CT molecular complexity index is 1020. The topological polar surface area (TPSA) is 93.4 Å². The number of pyridine rings is 1. The first-order valence-electron chi connectivity index (χ1n) is 9.19. The SMILES string of the molecule is COc1ccc(C(=O)NC2CCN(c3ccc(-c4nc(C)no4)cn3)C2)cc1F. The van der Waals surface area contributed by atoms with Crippen LogP contribution in [0.2, 0.25) is 0 Å². The van der Waals surface area contributed by atoms with E-state index in [0.29, 0.717) is 18.3 Å². The molecule has 0 aliphatic carbocycles. The van der Waals surface area contributed by atoms with Crippen molar-refractivity contribution in [2.24, 2.45) is 0 Å². The average molecular weight is 397 g/mol. The van der Waals surface area contributed by atoms with Gasteiger partial charge in [-0.25, -0.2) is 9.37 Å². The summed E-state index contributed by atoms with van der Waals surface area (Å²) in [6.07, 6.45) is 2.46. The lowest BCUT2D eigenvalue weighted by atomic mass is 10.1. The number of amides is 1. The van der Waals surface area contributed by atoms with Crippen molar-refractivity contribution in [2.75, 3.05) is 25.1 Å². The van der Waals surface area contributed by atoms with E-state index in [0.717, 1.165) is 24.3 Å². The summed E-state index contributed by atoms with van der Waals surface area (Å²) < 4.78 is 23.9. The first-order chi connectivity index (χ1) is 14.0. The van der Waals surface area contributed by atoms with Gasteiger partial charge in [-0.1, -0.05) is 5.16 Å². The molecule has 0 saturated carbocycles. The quantitative estimate of drug-likeness (QED) is 0.707. The predicted octanol–water partition coefficient (Wildman–Crippen LogP) is 2.60. The fraction of sp³-hybridized carbons (Fsp3) is 0.300. The molecule has 4 rings (SSSR count). The number of benzene rings is 1. The molecule has 1 saturated heterocycles. The molecule has 1 amide bonds. The summed E-state index contributed by atoms with van der Waals surface area (Å²) in [6, 6.07) is 7.89. The molecule has 1 fully saturated rings. The van der Waals surface area contributed by atoms with Gasteiger partial charge in [-0.15, -0.1) is 0 Å². The number of carbonyl (C=O) groups is 1. The van der Waals surface area contributed by atoms with Gasteiger partial charge in [-0.05, 0) is 43.7 Å². The number of nitrogens with one attached hydrogen (secondary N) is 1. The zero-order valence-corrected chi connectivity index (χ0v) is 16.1. The molecule has 8 nitrogen and oxygen atoms in total. The number of carbonyl (C=O) groups excluding carboxylic acids is 1. The van der Waals surface area contributed by atoms with E-state index in [2.05, 4.69) is 25.3 Å². The van der Waals surface area contributed by atoms with Gasteiger partial charge in [0.1, 0.15) is 5.82 Å². The second kappa shape index (κ2) is 7.86. The molecule has 1 aliphatic heterocycles. The van der Waals surface area contributed by atoms with Crippen LogP contribution < -0.4 is 15.0 Å². The van der Waals surface area contributed by atoms with Crippen molar-refractivity contribution >= 4 is 11.7 Å². The van der Waals surface area contributed by atoms with E-state index >= 15 is 0 Å². The number of methoxy groups -OCH3 is 1. The van der Waals surface area contributed by atoms with E-state index in [1.165, 1.54) is 19.2 Å². The number of hydrogen-bond donors (Lipinski definition) is 1. The third-order valence-electron chi connectivity index (χ3n) is 4.78. The highest BCUT2D eigenvalue weighted by Crippen LogP contribution is 2.23. The summed E-state index contributed by atoms with van der Waals surface area (Å²) in [5.41, 5.74) is 1.01. The van der Waals surface area contributed by atoms with Crippen molar-refractivity contribution in [1.82, 2.24) is 20.4 Å². The summed E-state index contributed by atoms with van der Waals surface area (Å²) in [6.45, 7) is 3.14. The summed E-state index contributed by atoms with van der Waals surface area (Å²) in [5, 5.41) is 6.73. The highest BCUT2D eigenvalue weighted by molar-refractivity contribution is 5.94. The molecule has 1 aromatic carbocycles. The van der Waals surface area contributed by atoms with Crippen LogP contribution in [-0.2, 0) is 0 Å². The maximum absolute atomic E-state index is 13.8. The molecule has 150 valence electrons. The van der Waals surface area contributed by atoms with Crippen LogP contribution in [0.1, 0.15) is 22.6 Å². The Hall–Kier alpha value is -3.49. The number of halogens is 1. The average Bonchev–Trinajstić information content (AvgIpc) is 3.37. The van der Waals surface area contributed by atoms with Crippen molar-refractivity contribution < 1.29 is 18.4 Å². The smallest absolute Gasteiger partial charge is 0.259 e. The van der Waals surface area contributed by atoms with Crippen LogP contribution >= 0.6 is 0 Å². The third kappa shape index (κ3) is 4.03. The van der Waals surface area contributed by atoms with E-state index < -0.39 is 5.82 Å². The van der Waals surface area contributed by atoms with Crippen molar-refractivity contribution in [1.29, 1.82) is 0 Å². The Kier molecular flexibility index (Phi) is 5.11. The van der Waals surface area contributed by atoms with E-state index in [-0.39, 0.29) is 23.3 Å². The van der Waals surface area contributed by atoms with Gasteiger partial charge in [0.2, 0.25) is 0 Å². The number of ether oxygens (including phenoxy) is 1. The maximum Gasteiger partial charge on any atom is 0.259 e. The number of rotatable bonds is 5. The number of nitrogens with zero attached hydrogens (tertiary/aromatic N) is 4. The molecule has 2 aromatic heterocycles. The predicted molar refractivity (Wildman–Crippen MR) is 103 cm³/mol. The minimum absolute atomic E-state index is 0.0484. The first kappa shape index (κ1) is 18.9. The largest absolute Gasteiger partial charge is 0.494 e. The molecular weight excluding hydrogens is 377 g/mol. The minimum atomic E-state index is -0.561. The number of hydrogen-bond acceptors (Lipinski definition) is 7. The molecule has 0 bridgehead atoms. The zero-order valence-electron chi connectivity index (χ0n) is 16.1. The molecule has 0 spiro atoms. The summed E-state index contributed by atoms with van der Waals surface area (Å²) >= 11 is 0. The Balaban J connectivity index is 1.37. The van der Waals surface area contributed by atoms with E-state index in [1.807, 2.05) is 12.1 Å². The van der Waals surface area contributed by atoms with Gasteiger partial charge < -0.3 is 19.5 Å². The molecule has 0 radical (unpaired) electrons. The van der Waals surface area contributed by atoms with Gasteiger partial charge >= 0.3 is 0 Å². The second-order valence-electron chi connectivity index (χ2n) is 6.81. The summed E-state index contributed by atoms with van der Waals surface area (Å²) in [4.78, 5) is 23.2. The van der Waals surface area contributed by atoms with Gasteiger partial charge in [-0.2, -0.15) is 4.98 Å². The fourth-order valence-electron chi connectivity index (χ4n) is 3.28. The van der Waals surface area contributed by atoms with Gasteiger partial charge in [0.05, 0.1) is 12.7 Å². The van der Waals surface area contributed by atoms with Crippen molar-refractivity contribution in [3.8, 4) is 17.2 Å². The highest BCUT2D eigenvalue weighted by atomic mass is 19.1.